The first-order chi connectivity index (χ1) is 7.69. The quantitative estimate of drug-likeness (QED) is 0.873. The number of thioether (sulfide) groups is 1. The molecule has 1 aliphatic rings. The lowest BCUT2D eigenvalue weighted by atomic mass is 9.91. The van der Waals surface area contributed by atoms with Gasteiger partial charge in [0.2, 0.25) is 0 Å². The van der Waals surface area contributed by atoms with E-state index in [9.17, 15) is 0 Å². The lowest BCUT2D eigenvalue weighted by Gasteiger charge is -2.40. The minimum atomic E-state index is 0.136. The number of nitrogens with two attached hydrogens (primary N) is 1. The Morgan fingerprint density at radius 3 is 3.00 bits per heavy atom. The molecule has 0 amide bonds. The van der Waals surface area contributed by atoms with E-state index >= 15 is 0 Å². The fourth-order valence-corrected chi connectivity index (χ4v) is 4.02. The summed E-state index contributed by atoms with van der Waals surface area (Å²) in [7, 11) is 2.15. The van der Waals surface area contributed by atoms with Gasteiger partial charge in [-0.25, -0.2) is 0 Å². The molecule has 0 radical (unpaired) electrons. The van der Waals surface area contributed by atoms with E-state index in [1.54, 1.807) is 6.26 Å². The highest BCUT2D eigenvalue weighted by Gasteiger charge is 2.43. The second-order valence-corrected chi connectivity index (χ2v) is 5.95. The largest absolute Gasteiger partial charge is 0.468 e. The van der Waals surface area contributed by atoms with Crippen molar-refractivity contribution >= 4 is 11.8 Å². The molecule has 4 heteroatoms. The van der Waals surface area contributed by atoms with Crippen LogP contribution in [0.15, 0.2) is 22.8 Å². The van der Waals surface area contributed by atoms with Gasteiger partial charge in [-0.15, -0.1) is 0 Å². The lowest BCUT2D eigenvalue weighted by Crippen LogP contribution is -2.55. The fourth-order valence-electron chi connectivity index (χ4n) is 2.49. The molecule has 3 nitrogen and oxygen atoms in total. The summed E-state index contributed by atoms with van der Waals surface area (Å²) < 4.78 is 5.40. The summed E-state index contributed by atoms with van der Waals surface area (Å²) in [5.41, 5.74) is 6.14. The van der Waals surface area contributed by atoms with Crippen molar-refractivity contribution in [2.75, 3.05) is 19.3 Å². The van der Waals surface area contributed by atoms with Crippen molar-refractivity contribution in [1.82, 2.24) is 4.90 Å². The monoisotopic (exact) mass is 240 g/mol. The van der Waals surface area contributed by atoms with Crippen LogP contribution in [0.5, 0.6) is 0 Å². The molecule has 2 atom stereocenters. The molecule has 1 aromatic heterocycles. The zero-order chi connectivity index (χ0) is 11.6. The topological polar surface area (TPSA) is 42.4 Å². The molecule has 0 bridgehead atoms. The van der Waals surface area contributed by atoms with Crippen LogP contribution in [0.4, 0.5) is 0 Å². The molecule has 0 aliphatic carbocycles. The molecule has 90 valence electrons. The normalized spacial score (nSPS) is 30.1. The lowest BCUT2D eigenvalue weighted by molar-refractivity contribution is 0.113. The molecule has 0 spiro atoms. The van der Waals surface area contributed by atoms with E-state index in [2.05, 4.69) is 18.9 Å². The molecule has 2 rings (SSSR count). The minimum absolute atomic E-state index is 0.136. The average molecular weight is 240 g/mol. The molecule has 1 aromatic rings. The third-order valence-electron chi connectivity index (χ3n) is 3.75. The van der Waals surface area contributed by atoms with Crippen LogP contribution in [-0.2, 0) is 6.54 Å². The number of hydrogen-bond donors (Lipinski definition) is 1. The third kappa shape index (κ3) is 2.01. The number of nitrogens with zero attached hydrogens (tertiary/aromatic N) is 1. The van der Waals surface area contributed by atoms with Crippen molar-refractivity contribution in [3.63, 3.8) is 0 Å². The van der Waals surface area contributed by atoms with Crippen molar-refractivity contribution in [3.05, 3.63) is 24.2 Å². The summed E-state index contributed by atoms with van der Waals surface area (Å²) in [4.78, 5) is 2.36. The van der Waals surface area contributed by atoms with Gasteiger partial charge in [-0.3, -0.25) is 4.90 Å². The summed E-state index contributed by atoms with van der Waals surface area (Å²) in [5, 5.41) is 0.595. The zero-order valence-corrected chi connectivity index (χ0v) is 10.8. The fraction of sp³-hybridized carbons (Fsp3) is 0.667. The summed E-state index contributed by atoms with van der Waals surface area (Å²) >= 11 is 2.02. The number of furan rings is 1. The highest BCUT2D eigenvalue weighted by Crippen LogP contribution is 2.39. The molecule has 1 fully saturated rings. The van der Waals surface area contributed by atoms with Crippen molar-refractivity contribution in [1.29, 1.82) is 0 Å². The molecule has 16 heavy (non-hydrogen) atoms. The van der Waals surface area contributed by atoms with Crippen molar-refractivity contribution in [2.45, 2.75) is 30.7 Å². The van der Waals surface area contributed by atoms with Crippen LogP contribution < -0.4 is 5.73 Å². The van der Waals surface area contributed by atoms with E-state index in [-0.39, 0.29) is 5.54 Å². The summed E-state index contributed by atoms with van der Waals surface area (Å²) in [6.07, 6.45) is 2.90. The molecule has 2 unspecified atom stereocenters. The highest BCUT2D eigenvalue weighted by atomic mass is 32.2. The van der Waals surface area contributed by atoms with E-state index in [1.807, 2.05) is 23.9 Å². The molecular formula is C12H20N2OS. The zero-order valence-electron chi connectivity index (χ0n) is 9.98. The predicted octanol–water partition coefficient (Wildman–Crippen LogP) is 1.93. The highest BCUT2D eigenvalue weighted by molar-refractivity contribution is 8.00. The number of likely N-dealkylation sites (N-methyl/N-ethyl adjacent to an activating group) is 1. The molecule has 1 saturated heterocycles. The Labute approximate surface area is 101 Å². The van der Waals surface area contributed by atoms with Crippen LogP contribution in [0.1, 0.15) is 19.1 Å². The van der Waals surface area contributed by atoms with Gasteiger partial charge in [-0.05, 0) is 31.4 Å². The van der Waals surface area contributed by atoms with E-state index in [0.29, 0.717) is 5.25 Å². The molecule has 1 aliphatic heterocycles. The van der Waals surface area contributed by atoms with Crippen LogP contribution in [0.25, 0.3) is 0 Å². The van der Waals surface area contributed by atoms with Gasteiger partial charge >= 0.3 is 0 Å². The van der Waals surface area contributed by atoms with E-state index in [0.717, 1.165) is 18.8 Å². The minimum Gasteiger partial charge on any atom is -0.468 e. The van der Waals surface area contributed by atoms with Gasteiger partial charge in [-0.1, -0.05) is 6.92 Å². The van der Waals surface area contributed by atoms with Gasteiger partial charge in [0.25, 0.3) is 0 Å². The summed E-state index contributed by atoms with van der Waals surface area (Å²) in [5.74, 6) is 2.22. The second kappa shape index (κ2) is 4.82. The Hall–Kier alpha value is -0.450. The Kier molecular flexibility index (Phi) is 3.62. The Morgan fingerprint density at radius 2 is 2.50 bits per heavy atom. The van der Waals surface area contributed by atoms with Crippen molar-refractivity contribution in [3.8, 4) is 0 Å². The van der Waals surface area contributed by atoms with Gasteiger partial charge in [-0.2, -0.15) is 11.8 Å². The maximum Gasteiger partial charge on any atom is 0.117 e. The van der Waals surface area contributed by atoms with Crippen LogP contribution in [0, 0.1) is 0 Å². The van der Waals surface area contributed by atoms with Crippen LogP contribution in [-0.4, -0.2) is 35.0 Å². The second-order valence-electron chi connectivity index (χ2n) is 4.51. The predicted molar refractivity (Wildman–Crippen MR) is 68.5 cm³/mol. The first kappa shape index (κ1) is 12.0. The van der Waals surface area contributed by atoms with Gasteiger partial charge in [0.15, 0.2) is 0 Å². The molecule has 2 heterocycles. The SMILES string of the molecule is CC1SCCC1(CN)N(C)Cc1ccco1. The van der Waals surface area contributed by atoms with Crippen LogP contribution >= 0.6 is 11.8 Å². The number of rotatable bonds is 4. The maximum atomic E-state index is 6.00. The van der Waals surface area contributed by atoms with Crippen molar-refractivity contribution < 1.29 is 4.42 Å². The summed E-state index contributed by atoms with van der Waals surface area (Å²) in [6, 6.07) is 3.96. The standard InChI is InChI=1S/C12H20N2OS/c1-10-12(9-13,5-7-16-10)14(2)8-11-4-3-6-15-11/h3-4,6,10H,5,7-9,13H2,1-2H3. The van der Waals surface area contributed by atoms with E-state index in [1.165, 1.54) is 12.2 Å². The first-order valence-electron chi connectivity index (χ1n) is 5.74. The molecule has 0 saturated carbocycles. The molecule has 2 N–H and O–H groups in total. The Bertz CT molecular complexity index is 328. The Balaban J connectivity index is 2.09. The summed E-state index contributed by atoms with van der Waals surface area (Å²) in [6.45, 7) is 3.84. The number of hydrogen-bond acceptors (Lipinski definition) is 4. The van der Waals surface area contributed by atoms with Gasteiger partial charge in [0, 0.05) is 17.3 Å². The van der Waals surface area contributed by atoms with Crippen LogP contribution in [0.2, 0.25) is 0 Å². The average Bonchev–Trinajstić information content (AvgIpc) is 2.88. The van der Waals surface area contributed by atoms with E-state index < -0.39 is 0 Å². The van der Waals surface area contributed by atoms with Crippen molar-refractivity contribution in [2.24, 2.45) is 5.73 Å². The van der Waals surface area contributed by atoms with Gasteiger partial charge < -0.3 is 10.2 Å². The van der Waals surface area contributed by atoms with Gasteiger partial charge in [0.05, 0.1) is 12.8 Å². The molecular weight excluding hydrogens is 220 g/mol. The smallest absolute Gasteiger partial charge is 0.117 e. The van der Waals surface area contributed by atoms with E-state index in [4.69, 9.17) is 10.2 Å². The molecule has 0 aromatic carbocycles. The Morgan fingerprint density at radius 1 is 1.69 bits per heavy atom. The van der Waals surface area contributed by atoms with Crippen LogP contribution in [0.3, 0.4) is 0 Å². The first-order valence-corrected chi connectivity index (χ1v) is 6.79. The van der Waals surface area contributed by atoms with Gasteiger partial charge in [0.1, 0.15) is 5.76 Å². The maximum absolute atomic E-state index is 6.00. The third-order valence-corrected chi connectivity index (χ3v) is 5.12.